The van der Waals surface area contributed by atoms with Crippen molar-refractivity contribution in [3.8, 4) is 0 Å². The SMILES string of the molecule is CCC(CC)c1cc(C(=O)N[C@@H]2CC[C@H](N3CCCCC3)C2)on1. The van der Waals surface area contributed by atoms with Crippen LogP contribution in [0.3, 0.4) is 0 Å². The summed E-state index contributed by atoms with van der Waals surface area (Å²) in [5.74, 6) is 0.632. The van der Waals surface area contributed by atoms with Gasteiger partial charge < -0.3 is 14.7 Å². The Morgan fingerprint density at radius 2 is 2.04 bits per heavy atom. The van der Waals surface area contributed by atoms with E-state index in [4.69, 9.17) is 4.52 Å². The molecule has 0 unspecified atom stereocenters. The highest BCUT2D eigenvalue weighted by atomic mass is 16.5. The van der Waals surface area contributed by atoms with Crippen LogP contribution in [0.5, 0.6) is 0 Å². The standard InChI is InChI=1S/C19H31N3O2/c1-3-14(4-2)17-13-18(24-21-17)19(23)20-15-8-9-16(12-15)22-10-6-5-7-11-22/h13-16H,3-12H2,1-2H3,(H,20,23)/t15-,16+/m1/s1. The lowest BCUT2D eigenvalue weighted by Crippen LogP contribution is -2.39. The summed E-state index contributed by atoms with van der Waals surface area (Å²) < 4.78 is 5.29. The van der Waals surface area contributed by atoms with Crippen molar-refractivity contribution in [3.05, 3.63) is 17.5 Å². The van der Waals surface area contributed by atoms with E-state index in [1.54, 1.807) is 0 Å². The van der Waals surface area contributed by atoms with Crippen LogP contribution in [0, 0.1) is 0 Å². The van der Waals surface area contributed by atoms with Gasteiger partial charge in [-0.25, -0.2) is 0 Å². The second kappa shape index (κ2) is 8.15. The molecule has 1 N–H and O–H groups in total. The van der Waals surface area contributed by atoms with Crippen LogP contribution in [-0.2, 0) is 0 Å². The van der Waals surface area contributed by atoms with E-state index in [0.717, 1.165) is 31.4 Å². The van der Waals surface area contributed by atoms with Gasteiger partial charge in [0.05, 0.1) is 5.69 Å². The maximum Gasteiger partial charge on any atom is 0.290 e. The quantitative estimate of drug-likeness (QED) is 0.862. The molecule has 1 saturated carbocycles. The van der Waals surface area contributed by atoms with E-state index < -0.39 is 0 Å². The van der Waals surface area contributed by atoms with Crippen LogP contribution >= 0.6 is 0 Å². The van der Waals surface area contributed by atoms with E-state index in [0.29, 0.717) is 17.7 Å². The minimum absolute atomic E-state index is 0.107. The third kappa shape index (κ3) is 4.00. The van der Waals surface area contributed by atoms with E-state index in [1.165, 1.54) is 38.8 Å². The average Bonchev–Trinajstić information content (AvgIpc) is 3.27. The van der Waals surface area contributed by atoms with Crippen molar-refractivity contribution in [2.24, 2.45) is 0 Å². The van der Waals surface area contributed by atoms with Gasteiger partial charge in [0, 0.05) is 24.1 Å². The Hall–Kier alpha value is -1.36. The molecule has 0 radical (unpaired) electrons. The number of nitrogens with one attached hydrogen (secondary N) is 1. The monoisotopic (exact) mass is 333 g/mol. The van der Waals surface area contributed by atoms with E-state index in [-0.39, 0.29) is 11.9 Å². The molecular formula is C19H31N3O2. The fourth-order valence-corrected chi connectivity index (χ4v) is 4.26. The minimum atomic E-state index is -0.107. The zero-order valence-electron chi connectivity index (χ0n) is 15.1. The van der Waals surface area contributed by atoms with Crippen molar-refractivity contribution in [2.75, 3.05) is 13.1 Å². The first kappa shape index (κ1) is 17.5. The summed E-state index contributed by atoms with van der Waals surface area (Å²) >= 11 is 0. The highest BCUT2D eigenvalue weighted by Crippen LogP contribution is 2.27. The van der Waals surface area contributed by atoms with Crippen LogP contribution in [0.2, 0.25) is 0 Å². The zero-order valence-corrected chi connectivity index (χ0v) is 15.1. The van der Waals surface area contributed by atoms with Gasteiger partial charge in [-0.2, -0.15) is 0 Å². The van der Waals surface area contributed by atoms with Crippen molar-refractivity contribution in [2.45, 2.75) is 83.2 Å². The Labute approximate surface area is 145 Å². The number of likely N-dealkylation sites (tertiary alicyclic amines) is 1. The molecule has 1 aromatic rings. The van der Waals surface area contributed by atoms with Crippen molar-refractivity contribution in [1.82, 2.24) is 15.4 Å². The number of hydrogen-bond donors (Lipinski definition) is 1. The summed E-state index contributed by atoms with van der Waals surface area (Å²) in [7, 11) is 0. The topological polar surface area (TPSA) is 58.4 Å². The molecule has 2 heterocycles. The summed E-state index contributed by atoms with van der Waals surface area (Å²) in [6.07, 6.45) is 9.39. The number of carbonyl (C=O) groups is 1. The summed E-state index contributed by atoms with van der Waals surface area (Å²) in [6.45, 7) is 6.74. The maximum absolute atomic E-state index is 12.4. The number of piperidine rings is 1. The number of hydrogen-bond acceptors (Lipinski definition) is 4. The number of nitrogens with zero attached hydrogens (tertiary/aromatic N) is 2. The first-order valence-electron chi connectivity index (χ1n) is 9.72. The lowest BCUT2D eigenvalue weighted by molar-refractivity contribution is 0.0897. The highest BCUT2D eigenvalue weighted by molar-refractivity contribution is 5.91. The van der Waals surface area contributed by atoms with Gasteiger partial charge in [0.15, 0.2) is 0 Å². The molecule has 1 amide bonds. The number of carbonyl (C=O) groups excluding carboxylic acids is 1. The Morgan fingerprint density at radius 1 is 1.29 bits per heavy atom. The largest absolute Gasteiger partial charge is 0.351 e. The van der Waals surface area contributed by atoms with Crippen molar-refractivity contribution < 1.29 is 9.32 Å². The summed E-state index contributed by atoms with van der Waals surface area (Å²) in [5.41, 5.74) is 0.905. The first-order valence-corrected chi connectivity index (χ1v) is 9.72. The predicted molar refractivity (Wildman–Crippen MR) is 94.1 cm³/mol. The van der Waals surface area contributed by atoms with Crippen LogP contribution in [0.25, 0.3) is 0 Å². The molecule has 134 valence electrons. The number of rotatable bonds is 6. The van der Waals surface area contributed by atoms with Gasteiger partial charge in [0.2, 0.25) is 5.76 Å². The fourth-order valence-electron chi connectivity index (χ4n) is 4.26. The summed E-state index contributed by atoms with van der Waals surface area (Å²) in [4.78, 5) is 15.1. The fraction of sp³-hybridized carbons (Fsp3) is 0.789. The number of amides is 1. The molecule has 2 aliphatic rings. The van der Waals surface area contributed by atoms with Gasteiger partial charge in [0.1, 0.15) is 0 Å². The minimum Gasteiger partial charge on any atom is -0.351 e. The molecule has 1 aromatic heterocycles. The molecule has 24 heavy (non-hydrogen) atoms. The molecule has 2 fully saturated rings. The Bertz CT molecular complexity index is 532. The normalized spacial score (nSPS) is 25.3. The van der Waals surface area contributed by atoms with Crippen LogP contribution in [0.1, 0.15) is 87.4 Å². The Kier molecular flexibility index (Phi) is 5.93. The molecule has 0 spiro atoms. The third-order valence-corrected chi connectivity index (χ3v) is 5.80. The molecule has 5 nitrogen and oxygen atoms in total. The molecular weight excluding hydrogens is 302 g/mol. The van der Waals surface area contributed by atoms with E-state index in [1.807, 2.05) is 6.07 Å². The lowest BCUT2D eigenvalue weighted by atomic mass is 9.99. The second-order valence-corrected chi connectivity index (χ2v) is 7.36. The summed E-state index contributed by atoms with van der Waals surface area (Å²) in [5, 5.41) is 7.25. The smallest absolute Gasteiger partial charge is 0.290 e. The molecule has 1 aliphatic carbocycles. The van der Waals surface area contributed by atoms with Crippen LogP contribution in [0.4, 0.5) is 0 Å². The summed E-state index contributed by atoms with van der Waals surface area (Å²) in [6, 6.07) is 2.74. The third-order valence-electron chi connectivity index (χ3n) is 5.80. The van der Waals surface area contributed by atoms with Crippen molar-refractivity contribution >= 4 is 5.91 Å². The van der Waals surface area contributed by atoms with Gasteiger partial charge in [0.25, 0.3) is 5.91 Å². The molecule has 0 bridgehead atoms. The maximum atomic E-state index is 12.4. The number of aromatic nitrogens is 1. The van der Waals surface area contributed by atoms with E-state index >= 15 is 0 Å². The lowest BCUT2D eigenvalue weighted by Gasteiger charge is -2.32. The van der Waals surface area contributed by atoms with Crippen LogP contribution in [0.15, 0.2) is 10.6 Å². The van der Waals surface area contributed by atoms with Gasteiger partial charge in [-0.15, -0.1) is 0 Å². The second-order valence-electron chi connectivity index (χ2n) is 7.36. The Morgan fingerprint density at radius 3 is 2.75 bits per heavy atom. The van der Waals surface area contributed by atoms with Crippen molar-refractivity contribution in [1.29, 1.82) is 0 Å². The zero-order chi connectivity index (χ0) is 16.9. The molecule has 5 heteroatoms. The average molecular weight is 333 g/mol. The van der Waals surface area contributed by atoms with E-state index in [2.05, 4.69) is 29.2 Å². The van der Waals surface area contributed by atoms with E-state index in [9.17, 15) is 4.79 Å². The van der Waals surface area contributed by atoms with Crippen LogP contribution in [-0.4, -0.2) is 41.1 Å². The van der Waals surface area contributed by atoms with Gasteiger partial charge in [-0.1, -0.05) is 25.4 Å². The van der Waals surface area contributed by atoms with Gasteiger partial charge in [-0.3, -0.25) is 4.79 Å². The molecule has 1 saturated heterocycles. The Balaban J connectivity index is 1.52. The molecule has 3 rings (SSSR count). The van der Waals surface area contributed by atoms with Gasteiger partial charge in [-0.05, 0) is 58.0 Å². The molecule has 2 atom stereocenters. The van der Waals surface area contributed by atoms with Gasteiger partial charge >= 0.3 is 0 Å². The highest BCUT2D eigenvalue weighted by Gasteiger charge is 2.31. The predicted octanol–water partition coefficient (Wildman–Crippen LogP) is 3.72. The molecule has 1 aliphatic heterocycles. The molecule has 0 aromatic carbocycles. The first-order chi connectivity index (χ1) is 11.7. The van der Waals surface area contributed by atoms with Crippen LogP contribution < -0.4 is 5.32 Å². The van der Waals surface area contributed by atoms with Crippen molar-refractivity contribution in [3.63, 3.8) is 0 Å².